The highest BCUT2D eigenvalue weighted by Crippen LogP contribution is 2.42. The van der Waals surface area contributed by atoms with Gasteiger partial charge in [-0.05, 0) is 46.4 Å². The van der Waals surface area contributed by atoms with Crippen molar-refractivity contribution in [3.8, 4) is 0 Å². The van der Waals surface area contributed by atoms with E-state index in [1.165, 1.54) is 5.56 Å². The van der Waals surface area contributed by atoms with Crippen molar-refractivity contribution in [1.82, 2.24) is 0 Å². The van der Waals surface area contributed by atoms with Crippen LogP contribution in [0.15, 0.2) is 78.9 Å². The molecule has 1 heterocycles. The molecule has 2 amide bonds. The van der Waals surface area contributed by atoms with Gasteiger partial charge in [-0.25, -0.2) is 0 Å². The summed E-state index contributed by atoms with van der Waals surface area (Å²) in [5, 5.41) is 2.78. The second kappa shape index (κ2) is 10.5. The Morgan fingerprint density at radius 3 is 2.32 bits per heavy atom. The van der Waals surface area contributed by atoms with E-state index in [0.29, 0.717) is 18.0 Å². The van der Waals surface area contributed by atoms with Crippen LogP contribution in [0.5, 0.6) is 0 Å². The van der Waals surface area contributed by atoms with Crippen molar-refractivity contribution >= 4 is 35.0 Å². The third-order valence-electron chi connectivity index (χ3n) is 5.70. The summed E-state index contributed by atoms with van der Waals surface area (Å²) in [7, 11) is 0. The maximum atomic E-state index is 12.7. The fraction of sp³-hybridized carbons (Fsp3) is 0.286. The molecule has 0 bridgehead atoms. The van der Waals surface area contributed by atoms with E-state index < -0.39 is 0 Å². The minimum absolute atomic E-state index is 0.0119. The molecule has 176 valence electrons. The average Bonchev–Trinajstić information content (AvgIpc) is 3.21. The van der Waals surface area contributed by atoms with Crippen molar-refractivity contribution in [3.63, 3.8) is 0 Å². The van der Waals surface area contributed by atoms with Gasteiger partial charge in [0.25, 0.3) is 0 Å². The summed E-state index contributed by atoms with van der Waals surface area (Å²) >= 11 is 1.61. The molecule has 5 nitrogen and oxygen atoms in total. The molecule has 34 heavy (non-hydrogen) atoms. The number of hydrogen-bond acceptors (Lipinski definition) is 4. The third-order valence-corrected chi connectivity index (χ3v) is 6.92. The van der Waals surface area contributed by atoms with Gasteiger partial charge in [0.15, 0.2) is 0 Å². The first-order chi connectivity index (χ1) is 16.3. The molecule has 0 saturated carbocycles. The number of nitrogens with zero attached hydrogens (tertiary/aromatic N) is 1. The van der Waals surface area contributed by atoms with Crippen LogP contribution in [0.25, 0.3) is 0 Å². The Morgan fingerprint density at radius 2 is 1.68 bits per heavy atom. The maximum Gasteiger partial charge on any atom is 0.250 e. The Kier molecular flexibility index (Phi) is 7.39. The Balaban J connectivity index is 1.37. The van der Waals surface area contributed by atoms with Crippen LogP contribution in [-0.2, 0) is 26.3 Å². The van der Waals surface area contributed by atoms with Gasteiger partial charge in [0.05, 0.1) is 12.4 Å². The highest BCUT2D eigenvalue weighted by atomic mass is 32.2. The van der Waals surface area contributed by atoms with Crippen LogP contribution in [0, 0.1) is 0 Å². The number of benzene rings is 3. The van der Waals surface area contributed by atoms with E-state index >= 15 is 0 Å². The summed E-state index contributed by atoms with van der Waals surface area (Å²) < 4.78 is 5.50. The second-order valence-corrected chi connectivity index (χ2v) is 10.4. The normalized spacial score (nSPS) is 16.0. The zero-order valence-electron chi connectivity index (χ0n) is 19.8. The monoisotopic (exact) mass is 474 g/mol. The lowest BCUT2D eigenvalue weighted by molar-refractivity contribution is -0.121. The third kappa shape index (κ3) is 5.88. The summed E-state index contributed by atoms with van der Waals surface area (Å²) in [5.41, 5.74) is 4.96. The van der Waals surface area contributed by atoms with E-state index in [2.05, 4.69) is 38.2 Å². The van der Waals surface area contributed by atoms with Crippen molar-refractivity contribution < 1.29 is 14.3 Å². The molecule has 1 aliphatic rings. The first-order valence-corrected chi connectivity index (χ1v) is 12.4. The molecule has 1 fully saturated rings. The number of ether oxygens (including phenoxy) is 1. The van der Waals surface area contributed by atoms with Gasteiger partial charge < -0.3 is 10.1 Å². The van der Waals surface area contributed by atoms with E-state index in [9.17, 15) is 9.59 Å². The molecule has 1 atom stereocenters. The molecule has 0 aromatic heterocycles. The largest absolute Gasteiger partial charge is 0.367 e. The van der Waals surface area contributed by atoms with E-state index in [1.807, 2.05) is 71.6 Å². The highest BCUT2D eigenvalue weighted by Gasteiger charge is 2.34. The van der Waals surface area contributed by atoms with Crippen molar-refractivity contribution in [2.24, 2.45) is 0 Å². The fourth-order valence-corrected chi connectivity index (χ4v) is 5.01. The maximum absolute atomic E-state index is 12.7. The first kappa shape index (κ1) is 24.0. The van der Waals surface area contributed by atoms with Gasteiger partial charge in [-0.2, -0.15) is 0 Å². The molecular weight excluding hydrogens is 444 g/mol. The predicted molar refractivity (Wildman–Crippen MR) is 139 cm³/mol. The Hall–Kier alpha value is -3.09. The van der Waals surface area contributed by atoms with E-state index in [4.69, 9.17) is 4.74 Å². The van der Waals surface area contributed by atoms with Crippen LogP contribution in [0.2, 0.25) is 0 Å². The summed E-state index contributed by atoms with van der Waals surface area (Å²) in [5.74, 6) is 0.351. The zero-order valence-corrected chi connectivity index (χ0v) is 20.6. The summed E-state index contributed by atoms with van der Waals surface area (Å²) in [6, 6.07) is 25.7. The molecule has 3 aromatic rings. The molecule has 0 radical (unpaired) electrons. The molecule has 1 N–H and O–H groups in total. The SMILES string of the molecule is CC(C)(C)c1ccc(N2C(=O)CS[C@H]2c2ccc(NC(=O)COCc3ccccc3)cc2)cc1. The van der Waals surface area contributed by atoms with Gasteiger partial charge in [0.2, 0.25) is 11.8 Å². The minimum Gasteiger partial charge on any atom is -0.367 e. The highest BCUT2D eigenvalue weighted by molar-refractivity contribution is 8.00. The van der Waals surface area contributed by atoms with Crippen LogP contribution in [0.3, 0.4) is 0 Å². The number of nitrogens with one attached hydrogen (secondary N) is 1. The molecule has 0 aliphatic carbocycles. The van der Waals surface area contributed by atoms with Crippen LogP contribution in [0.4, 0.5) is 11.4 Å². The number of hydrogen-bond donors (Lipinski definition) is 1. The number of amides is 2. The van der Waals surface area contributed by atoms with Crippen molar-refractivity contribution in [2.75, 3.05) is 22.6 Å². The van der Waals surface area contributed by atoms with E-state index in [1.54, 1.807) is 11.8 Å². The molecule has 1 saturated heterocycles. The molecule has 4 rings (SSSR count). The van der Waals surface area contributed by atoms with Crippen LogP contribution in [-0.4, -0.2) is 24.2 Å². The Bertz CT molecular complexity index is 1120. The van der Waals surface area contributed by atoms with Gasteiger partial charge >= 0.3 is 0 Å². The van der Waals surface area contributed by atoms with Gasteiger partial charge in [-0.15, -0.1) is 11.8 Å². The fourth-order valence-electron chi connectivity index (χ4n) is 3.84. The number of anilines is 2. The van der Waals surface area contributed by atoms with Crippen molar-refractivity contribution in [1.29, 1.82) is 0 Å². The van der Waals surface area contributed by atoms with Gasteiger partial charge in [-0.1, -0.05) is 75.4 Å². The number of carbonyl (C=O) groups is 2. The molecule has 3 aromatic carbocycles. The molecular formula is C28H30N2O3S. The van der Waals surface area contributed by atoms with Crippen LogP contribution >= 0.6 is 11.8 Å². The second-order valence-electron chi connectivity index (χ2n) is 9.37. The standard InChI is InChI=1S/C28H30N2O3S/c1-28(2,3)22-11-15-24(16-12-22)30-26(32)19-34-27(30)21-9-13-23(14-10-21)29-25(31)18-33-17-20-7-5-4-6-8-20/h4-16,27H,17-19H2,1-3H3,(H,29,31)/t27-/m0/s1. The number of thioether (sulfide) groups is 1. The van der Waals surface area contributed by atoms with Crippen molar-refractivity contribution in [3.05, 3.63) is 95.6 Å². The summed E-state index contributed by atoms with van der Waals surface area (Å²) in [6.07, 6.45) is 0. The number of carbonyl (C=O) groups excluding carboxylic acids is 2. The molecule has 0 spiro atoms. The lowest BCUT2D eigenvalue weighted by atomic mass is 9.87. The van der Waals surface area contributed by atoms with Gasteiger partial charge in [0, 0.05) is 11.4 Å². The molecule has 0 unspecified atom stereocenters. The number of rotatable bonds is 7. The smallest absolute Gasteiger partial charge is 0.250 e. The van der Waals surface area contributed by atoms with Crippen LogP contribution in [0.1, 0.15) is 42.8 Å². The quantitative estimate of drug-likeness (QED) is 0.462. The Morgan fingerprint density at radius 1 is 1.00 bits per heavy atom. The zero-order chi connectivity index (χ0) is 24.1. The predicted octanol–water partition coefficient (Wildman–Crippen LogP) is 5.92. The summed E-state index contributed by atoms with van der Waals surface area (Å²) in [6.45, 7) is 6.92. The van der Waals surface area contributed by atoms with Crippen molar-refractivity contribution in [2.45, 2.75) is 38.2 Å². The lowest BCUT2D eigenvalue weighted by Crippen LogP contribution is -2.28. The van der Waals surface area contributed by atoms with Gasteiger partial charge in [0.1, 0.15) is 12.0 Å². The minimum atomic E-state index is -0.199. The summed E-state index contributed by atoms with van der Waals surface area (Å²) in [4.78, 5) is 26.8. The first-order valence-electron chi connectivity index (χ1n) is 11.4. The molecule has 6 heteroatoms. The van der Waals surface area contributed by atoms with Gasteiger partial charge in [-0.3, -0.25) is 14.5 Å². The molecule has 1 aliphatic heterocycles. The van der Waals surface area contributed by atoms with E-state index in [0.717, 1.165) is 16.8 Å². The topological polar surface area (TPSA) is 58.6 Å². The average molecular weight is 475 g/mol. The Labute approximate surface area is 205 Å². The lowest BCUT2D eigenvalue weighted by Gasteiger charge is -2.26. The van der Waals surface area contributed by atoms with Crippen LogP contribution < -0.4 is 10.2 Å². The van der Waals surface area contributed by atoms with E-state index in [-0.39, 0.29) is 29.2 Å².